The third-order valence-electron chi connectivity index (χ3n) is 8.40. The molecular weight excluding hydrogens is 573 g/mol. The van der Waals surface area contributed by atoms with E-state index in [1.807, 2.05) is 45.9 Å². The summed E-state index contributed by atoms with van der Waals surface area (Å²) >= 11 is 0. The number of ether oxygens (including phenoxy) is 4. The lowest BCUT2D eigenvalue weighted by Gasteiger charge is -2.30. The van der Waals surface area contributed by atoms with Crippen LogP contribution >= 0.6 is 0 Å². The Morgan fingerprint density at radius 3 is 2.49 bits per heavy atom. The number of benzene rings is 3. The summed E-state index contributed by atoms with van der Waals surface area (Å²) < 4.78 is 45.1. The molecule has 1 fully saturated rings. The SMILES string of the molecule is COc1c(OCc2ccc(F)cc2)cc2oc3cc4c(c(OCC5CCNCC5)c3c(=O)c2c1CC=C(C)C)C=CC(C)(C)O4. The zero-order valence-corrected chi connectivity index (χ0v) is 26.6. The van der Waals surface area contributed by atoms with Gasteiger partial charge in [0.2, 0.25) is 5.43 Å². The highest BCUT2D eigenvalue weighted by Crippen LogP contribution is 2.44. The van der Waals surface area contributed by atoms with E-state index in [1.165, 1.54) is 12.1 Å². The Morgan fingerprint density at radius 2 is 1.78 bits per heavy atom. The molecule has 4 aromatic rings. The summed E-state index contributed by atoms with van der Waals surface area (Å²) in [4.78, 5) is 14.7. The smallest absolute Gasteiger partial charge is 0.204 e. The Kier molecular flexibility index (Phi) is 8.60. The van der Waals surface area contributed by atoms with Gasteiger partial charge >= 0.3 is 0 Å². The number of methoxy groups -OCH3 is 1. The first-order chi connectivity index (χ1) is 21.6. The lowest BCUT2D eigenvalue weighted by Crippen LogP contribution is -2.31. The standard InChI is InChI=1S/C37H40FNO6/c1-22(2)6-11-27-32-29(19-31(35(27)41-5)42-20-23-7-9-25(38)10-8-23)44-30-18-28-26(12-15-37(3,4)45-28)36(33(30)34(32)40)43-21-24-13-16-39-17-14-24/h6-10,12,15,18-19,24,39H,11,13-14,16-17,20-21H2,1-5H3. The van der Waals surface area contributed by atoms with E-state index >= 15 is 0 Å². The van der Waals surface area contributed by atoms with E-state index in [4.69, 9.17) is 23.4 Å². The summed E-state index contributed by atoms with van der Waals surface area (Å²) in [7, 11) is 1.56. The van der Waals surface area contributed by atoms with Gasteiger partial charge in [-0.1, -0.05) is 23.8 Å². The van der Waals surface area contributed by atoms with Crippen molar-refractivity contribution in [2.24, 2.45) is 5.92 Å². The zero-order valence-electron chi connectivity index (χ0n) is 26.6. The lowest BCUT2D eigenvalue weighted by molar-refractivity contribution is 0.157. The molecule has 6 rings (SSSR count). The molecule has 2 aliphatic rings. The molecule has 1 N–H and O–H groups in total. The van der Waals surface area contributed by atoms with E-state index < -0.39 is 5.60 Å². The highest BCUT2D eigenvalue weighted by Gasteiger charge is 2.29. The van der Waals surface area contributed by atoms with Crippen molar-refractivity contribution in [1.82, 2.24) is 5.32 Å². The molecule has 0 radical (unpaired) electrons. The first-order valence-corrected chi connectivity index (χ1v) is 15.5. The number of halogens is 1. The number of hydrogen-bond acceptors (Lipinski definition) is 7. The molecule has 236 valence electrons. The number of fused-ring (bicyclic) bond motifs is 3. The Hall–Kier alpha value is -4.30. The van der Waals surface area contributed by atoms with Crippen LogP contribution in [0.4, 0.5) is 4.39 Å². The molecule has 45 heavy (non-hydrogen) atoms. The van der Waals surface area contributed by atoms with Crippen LogP contribution in [-0.4, -0.2) is 32.4 Å². The normalized spacial score (nSPS) is 15.9. The van der Waals surface area contributed by atoms with Gasteiger partial charge in [-0.3, -0.25) is 4.79 Å². The minimum atomic E-state index is -0.531. The number of piperidine rings is 1. The van der Waals surface area contributed by atoms with Gasteiger partial charge in [-0.15, -0.1) is 0 Å². The summed E-state index contributed by atoms with van der Waals surface area (Å²) in [6.45, 7) is 10.5. The molecule has 0 saturated carbocycles. The first kappa shape index (κ1) is 30.7. The second-order valence-electron chi connectivity index (χ2n) is 12.6. The third-order valence-corrected chi connectivity index (χ3v) is 8.40. The predicted octanol–water partition coefficient (Wildman–Crippen LogP) is 7.74. The van der Waals surface area contributed by atoms with Crippen LogP contribution in [0.1, 0.15) is 57.2 Å². The first-order valence-electron chi connectivity index (χ1n) is 15.5. The van der Waals surface area contributed by atoms with Gasteiger partial charge in [0.05, 0.1) is 24.7 Å². The molecule has 0 spiro atoms. The van der Waals surface area contributed by atoms with Gasteiger partial charge in [-0.2, -0.15) is 0 Å². The summed E-state index contributed by atoms with van der Waals surface area (Å²) in [6.07, 6.45) is 8.46. The van der Waals surface area contributed by atoms with E-state index in [-0.39, 0.29) is 17.9 Å². The highest BCUT2D eigenvalue weighted by molar-refractivity contribution is 5.99. The second kappa shape index (κ2) is 12.6. The van der Waals surface area contributed by atoms with Crippen molar-refractivity contribution in [3.8, 4) is 23.0 Å². The highest BCUT2D eigenvalue weighted by atomic mass is 19.1. The Labute approximate surface area is 262 Å². The summed E-state index contributed by atoms with van der Waals surface area (Å²) in [5, 5.41) is 4.19. The van der Waals surface area contributed by atoms with E-state index in [9.17, 15) is 9.18 Å². The topological polar surface area (TPSA) is 79.2 Å². The maximum Gasteiger partial charge on any atom is 0.204 e. The van der Waals surface area contributed by atoms with E-state index in [1.54, 1.807) is 31.4 Å². The average Bonchev–Trinajstić information content (AvgIpc) is 3.01. The van der Waals surface area contributed by atoms with Crippen LogP contribution in [0.25, 0.3) is 28.0 Å². The van der Waals surface area contributed by atoms with Gasteiger partial charge < -0.3 is 28.7 Å². The van der Waals surface area contributed by atoms with Crippen molar-refractivity contribution in [2.45, 2.75) is 59.2 Å². The number of nitrogens with one attached hydrogen (secondary N) is 1. The fraction of sp³-hybridized carbons (Fsp3) is 0.378. The number of allylic oxidation sites excluding steroid dienone is 2. The van der Waals surface area contributed by atoms with Crippen molar-refractivity contribution in [2.75, 3.05) is 26.8 Å². The summed E-state index contributed by atoms with van der Waals surface area (Å²) in [6, 6.07) is 9.62. The van der Waals surface area contributed by atoms with Crippen molar-refractivity contribution in [3.05, 3.63) is 86.9 Å². The Balaban J connectivity index is 1.55. The lowest BCUT2D eigenvalue weighted by atomic mass is 9.96. The molecule has 1 aromatic heterocycles. The summed E-state index contributed by atoms with van der Waals surface area (Å²) in [5.41, 5.74) is 3.30. The van der Waals surface area contributed by atoms with Gasteiger partial charge in [-0.25, -0.2) is 4.39 Å². The molecule has 0 atom stereocenters. The fourth-order valence-electron chi connectivity index (χ4n) is 5.98. The number of rotatable bonds is 9. The van der Waals surface area contributed by atoms with Gasteiger partial charge in [0.15, 0.2) is 11.5 Å². The molecule has 0 bridgehead atoms. The van der Waals surface area contributed by atoms with Crippen molar-refractivity contribution < 1.29 is 27.8 Å². The van der Waals surface area contributed by atoms with Crippen LogP contribution in [0.15, 0.2) is 63.3 Å². The Morgan fingerprint density at radius 1 is 1.04 bits per heavy atom. The second-order valence-corrected chi connectivity index (χ2v) is 12.6. The molecule has 7 nitrogen and oxygen atoms in total. The molecule has 0 unspecified atom stereocenters. The van der Waals surface area contributed by atoms with E-state index in [0.717, 1.165) is 42.6 Å². The molecule has 0 aliphatic carbocycles. The van der Waals surface area contributed by atoms with Crippen LogP contribution in [0, 0.1) is 11.7 Å². The van der Waals surface area contributed by atoms with Crippen molar-refractivity contribution in [1.29, 1.82) is 0 Å². The predicted molar refractivity (Wildman–Crippen MR) is 175 cm³/mol. The average molecular weight is 614 g/mol. The molecule has 3 aromatic carbocycles. The fourth-order valence-corrected chi connectivity index (χ4v) is 5.98. The zero-order chi connectivity index (χ0) is 31.7. The van der Waals surface area contributed by atoms with Crippen molar-refractivity contribution in [3.63, 3.8) is 0 Å². The maximum absolute atomic E-state index is 14.7. The van der Waals surface area contributed by atoms with Crippen LogP contribution in [0.2, 0.25) is 0 Å². The molecule has 3 heterocycles. The molecule has 1 saturated heterocycles. The van der Waals surface area contributed by atoms with Gasteiger partial charge in [-0.05, 0) is 95.8 Å². The molecule has 0 amide bonds. The van der Waals surface area contributed by atoms with Crippen molar-refractivity contribution >= 4 is 28.0 Å². The summed E-state index contributed by atoms with van der Waals surface area (Å²) in [5.74, 6) is 2.02. The maximum atomic E-state index is 14.7. The van der Waals surface area contributed by atoms with Crippen LogP contribution < -0.4 is 29.7 Å². The van der Waals surface area contributed by atoms with E-state index in [2.05, 4.69) is 5.32 Å². The van der Waals surface area contributed by atoms with Gasteiger partial charge in [0.1, 0.15) is 46.1 Å². The van der Waals surface area contributed by atoms with Gasteiger partial charge in [0, 0.05) is 17.7 Å². The minimum Gasteiger partial charge on any atom is -0.493 e. The Bertz CT molecular complexity index is 1840. The quantitative estimate of drug-likeness (QED) is 0.153. The van der Waals surface area contributed by atoms with Crippen LogP contribution in [0.5, 0.6) is 23.0 Å². The minimum absolute atomic E-state index is 0.180. The third kappa shape index (κ3) is 6.43. The molecule has 2 aliphatic heterocycles. The van der Waals surface area contributed by atoms with Gasteiger partial charge in [0.25, 0.3) is 0 Å². The molecular formula is C37H40FNO6. The van der Waals surface area contributed by atoms with Crippen LogP contribution in [0.3, 0.4) is 0 Å². The monoisotopic (exact) mass is 613 g/mol. The van der Waals surface area contributed by atoms with E-state index in [0.29, 0.717) is 69.4 Å². The molecule has 8 heteroatoms. The van der Waals surface area contributed by atoms with Crippen LogP contribution in [-0.2, 0) is 13.0 Å². The largest absolute Gasteiger partial charge is 0.493 e. The number of hydrogen-bond donors (Lipinski definition) is 1.